The molecule has 2 heterocycles. The van der Waals surface area contributed by atoms with Crippen molar-refractivity contribution in [1.29, 1.82) is 0 Å². The summed E-state index contributed by atoms with van der Waals surface area (Å²) in [6, 6.07) is 12.7. The van der Waals surface area contributed by atoms with Crippen molar-refractivity contribution in [1.82, 2.24) is 10.3 Å². The highest BCUT2D eigenvalue weighted by molar-refractivity contribution is 7.93. The minimum Gasteiger partial charge on any atom is -0.312 e. The van der Waals surface area contributed by atoms with Gasteiger partial charge in [-0.2, -0.15) is 0 Å². The number of anilines is 1. The summed E-state index contributed by atoms with van der Waals surface area (Å²) in [6.07, 6.45) is 4.09. The fourth-order valence-electron chi connectivity index (χ4n) is 3.15. The maximum absolute atomic E-state index is 13.0. The van der Waals surface area contributed by atoms with Crippen molar-refractivity contribution in [3.8, 4) is 0 Å². The minimum absolute atomic E-state index is 0.272. The number of sulfonamides is 1. The highest BCUT2D eigenvalue weighted by atomic mass is 32.2. The molecule has 24 heavy (non-hydrogen) atoms. The molecule has 122 valence electrons. The minimum atomic E-state index is -3.67. The van der Waals surface area contributed by atoms with Crippen LogP contribution in [0.15, 0.2) is 59.8 Å². The normalized spacial score (nSPS) is 14.3. The lowest BCUT2D eigenvalue weighted by Crippen LogP contribution is -2.25. The lowest BCUT2D eigenvalue weighted by molar-refractivity contribution is 0.601. The van der Waals surface area contributed by atoms with Gasteiger partial charge < -0.3 is 5.32 Å². The fourth-order valence-corrected chi connectivity index (χ4v) is 4.48. The second-order valence-electron chi connectivity index (χ2n) is 5.83. The summed E-state index contributed by atoms with van der Waals surface area (Å²) in [6.45, 7) is 1.62. The molecule has 1 aliphatic rings. The second kappa shape index (κ2) is 5.89. The Balaban J connectivity index is 1.79. The summed E-state index contributed by atoms with van der Waals surface area (Å²) in [5.74, 6) is 0. The molecular weight excluding hydrogens is 322 g/mol. The Morgan fingerprint density at radius 3 is 2.88 bits per heavy atom. The second-order valence-corrected chi connectivity index (χ2v) is 7.48. The molecule has 2 N–H and O–H groups in total. The molecule has 0 fully saturated rings. The topological polar surface area (TPSA) is 71.1 Å². The number of pyridine rings is 1. The van der Waals surface area contributed by atoms with Crippen LogP contribution in [-0.2, 0) is 23.0 Å². The van der Waals surface area contributed by atoms with Crippen LogP contribution in [0.5, 0.6) is 0 Å². The molecule has 0 saturated carbocycles. The molecule has 0 saturated heterocycles. The van der Waals surface area contributed by atoms with Crippen molar-refractivity contribution < 1.29 is 8.42 Å². The van der Waals surface area contributed by atoms with E-state index in [1.807, 2.05) is 24.3 Å². The average Bonchev–Trinajstić information content (AvgIpc) is 2.61. The third-order valence-corrected chi connectivity index (χ3v) is 5.74. The van der Waals surface area contributed by atoms with E-state index in [-0.39, 0.29) is 4.90 Å². The van der Waals surface area contributed by atoms with E-state index in [4.69, 9.17) is 0 Å². The predicted octanol–water partition coefficient (Wildman–Crippen LogP) is 2.68. The van der Waals surface area contributed by atoms with Gasteiger partial charge in [0.2, 0.25) is 0 Å². The number of aromatic nitrogens is 1. The fraction of sp³-hybridized carbons (Fsp3) is 0.167. The van der Waals surface area contributed by atoms with Crippen molar-refractivity contribution in [3.05, 3.63) is 66.0 Å². The maximum atomic E-state index is 13.0. The summed E-state index contributed by atoms with van der Waals surface area (Å²) in [7, 11) is -3.67. The molecule has 0 amide bonds. The van der Waals surface area contributed by atoms with E-state index in [2.05, 4.69) is 15.0 Å². The number of benzene rings is 2. The lowest BCUT2D eigenvalue weighted by Gasteiger charge is -2.21. The molecule has 6 heteroatoms. The number of nitrogens with one attached hydrogen (secondary N) is 2. The van der Waals surface area contributed by atoms with E-state index in [9.17, 15) is 8.42 Å². The van der Waals surface area contributed by atoms with Crippen molar-refractivity contribution in [2.75, 3.05) is 11.3 Å². The first kappa shape index (κ1) is 15.1. The van der Waals surface area contributed by atoms with Crippen LogP contribution < -0.4 is 10.0 Å². The van der Waals surface area contributed by atoms with Gasteiger partial charge in [0.1, 0.15) is 0 Å². The SMILES string of the molecule is O=S(=O)(Nc1cccc2c1CCNC2)c1cccc2cnccc12. The zero-order valence-electron chi connectivity index (χ0n) is 13.0. The zero-order chi connectivity index (χ0) is 16.6. The molecule has 2 aromatic carbocycles. The summed E-state index contributed by atoms with van der Waals surface area (Å²) in [4.78, 5) is 4.33. The summed E-state index contributed by atoms with van der Waals surface area (Å²) < 4.78 is 28.7. The first-order valence-corrected chi connectivity index (χ1v) is 9.30. The lowest BCUT2D eigenvalue weighted by atomic mass is 9.99. The van der Waals surface area contributed by atoms with Crippen LogP contribution in [0.25, 0.3) is 10.8 Å². The van der Waals surface area contributed by atoms with Crippen molar-refractivity contribution >= 4 is 26.5 Å². The third kappa shape index (κ3) is 2.64. The Bertz CT molecular complexity index is 1010. The third-order valence-electron chi connectivity index (χ3n) is 4.31. The van der Waals surface area contributed by atoms with Gasteiger partial charge in [0.05, 0.1) is 10.6 Å². The largest absolute Gasteiger partial charge is 0.312 e. The first-order chi connectivity index (χ1) is 11.6. The van der Waals surface area contributed by atoms with Gasteiger partial charge in [-0.1, -0.05) is 24.3 Å². The molecule has 4 rings (SSSR count). The summed E-state index contributed by atoms with van der Waals surface area (Å²) in [5.41, 5.74) is 2.88. The van der Waals surface area contributed by atoms with Gasteiger partial charge in [0.25, 0.3) is 10.0 Å². The molecule has 5 nitrogen and oxygen atoms in total. The van der Waals surface area contributed by atoms with E-state index in [1.165, 1.54) is 0 Å². The van der Waals surface area contributed by atoms with Crippen molar-refractivity contribution in [3.63, 3.8) is 0 Å². The molecule has 3 aromatic rings. The molecule has 0 atom stereocenters. The number of hydrogen-bond donors (Lipinski definition) is 2. The van der Waals surface area contributed by atoms with Crippen LogP contribution in [-0.4, -0.2) is 19.9 Å². The Morgan fingerprint density at radius 2 is 1.96 bits per heavy atom. The van der Waals surface area contributed by atoms with E-state index >= 15 is 0 Å². The molecule has 0 bridgehead atoms. The van der Waals surface area contributed by atoms with Crippen LogP contribution >= 0.6 is 0 Å². The molecule has 1 aromatic heterocycles. The Kier molecular flexibility index (Phi) is 3.70. The van der Waals surface area contributed by atoms with Gasteiger partial charge in [0, 0.05) is 29.7 Å². The number of rotatable bonds is 3. The predicted molar refractivity (Wildman–Crippen MR) is 94.4 cm³/mol. The van der Waals surface area contributed by atoms with Gasteiger partial charge in [-0.25, -0.2) is 8.42 Å². The van der Waals surface area contributed by atoms with Gasteiger partial charge >= 0.3 is 0 Å². The van der Waals surface area contributed by atoms with Gasteiger partial charge in [-0.15, -0.1) is 0 Å². The highest BCUT2D eigenvalue weighted by Crippen LogP contribution is 2.28. The standard InChI is InChI=1S/C18H17N3O2S/c22-24(23,18-6-2-4-14-12-20-10-8-16(14)18)21-17-5-1-3-13-11-19-9-7-15(13)17/h1-6,8,10,12,19,21H,7,9,11H2. The van der Waals surface area contributed by atoms with Gasteiger partial charge in [-0.3, -0.25) is 9.71 Å². The Morgan fingerprint density at radius 1 is 1.08 bits per heavy atom. The van der Waals surface area contributed by atoms with Crippen molar-refractivity contribution in [2.45, 2.75) is 17.9 Å². The van der Waals surface area contributed by atoms with Gasteiger partial charge in [0.15, 0.2) is 0 Å². The molecule has 0 aliphatic carbocycles. The highest BCUT2D eigenvalue weighted by Gasteiger charge is 2.20. The molecule has 0 spiro atoms. The first-order valence-electron chi connectivity index (χ1n) is 7.82. The van der Waals surface area contributed by atoms with Crippen LogP contribution in [0.1, 0.15) is 11.1 Å². The Hall–Kier alpha value is -2.44. The number of nitrogens with zero attached hydrogens (tertiary/aromatic N) is 1. The zero-order valence-corrected chi connectivity index (χ0v) is 13.8. The number of fused-ring (bicyclic) bond motifs is 2. The molecular formula is C18H17N3O2S. The van der Waals surface area contributed by atoms with E-state index in [0.717, 1.165) is 36.0 Å². The molecule has 0 radical (unpaired) electrons. The monoisotopic (exact) mass is 339 g/mol. The average molecular weight is 339 g/mol. The quantitative estimate of drug-likeness (QED) is 0.770. The number of hydrogen-bond acceptors (Lipinski definition) is 4. The Labute approximate surface area is 140 Å². The summed E-state index contributed by atoms with van der Waals surface area (Å²) >= 11 is 0. The van der Waals surface area contributed by atoms with Crippen LogP contribution in [0.3, 0.4) is 0 Å². The van der Waals surface area contributed by atoms with Crippen LogP contribution in [0.4, 0.5) is 5.69 Å². The van der Waals surface area contributed by atoms with Gasteiger partial charge in [-0.05, 0) is 42.3 Å². The summed E-state index contributed by atoms with van der Waals surface area (Å²) in [5, 5.41) is 4.78. The van der Waals surface area contributed by atoms with E-state index in [0.29, 0.717) is 11.1 Å². The molecule has 0 unspecified atom stereocenters. The van der Waals surface area contributed by atoms with Crippen LogP contribution in [0.2, 0.25) is 0 Å². The van der Waals surface area contributed by atoms with Crippen molar-refractivity contribution in [2.24, 2.45) is 0 Å². The maximum Gasteiger partial charge on any atom is 0.262 e. The molecule has 1 aliphatic heterocycles. The van der Waals surface area contributed by atoms with Crippen LogP contribution in [0, 0.1) is 0 Å². The van der Waals surface area contributed by atoms with E-state index < -0.39 is 10.0 Å². The smallest absolute Gasteiger partial charge is 0.262 e. The van der Waals surface area contributed by atoms with E-state index in [1.54, 1.807) is 30.6 Å².